The van der Waals surface area contributed by atoms with Gasteiger partial charge in [0.25, 0.3) is 5.70 Å². The highest BCUT2D eigenvalue weighted by Crippen LogP contribution is 2.64. The number of nitrogens with zero attached hydrogens (tertiary/aromatic N) is 2. The van der Waals surface area contributed by atoms with Crippen molar-refractivity contribution in [1.29, 1.82) is 0 Å². The number of carbonyl (C=O) groups is 1. The maximum Gasteiger partial charge on any atom is 0.333 e. The molecule has 0 atom stereocenters. The Hall–Kier alpha value is -5.16. The highest BCUT2D eigenvalue weighted by Gasteiger charge is 2.36. The molecule has 0 fully saturated rings. The fraction of sp³-hybridized carbons (Fsp3) is 0.263. The SMILES string of the molecule is [C-]#[N+]/C(=C\c1sc(-c2sc(-c3sc(-c4ccc5c(c4)CCc4ccccc4N5CC)c4c3OCCO4)c3c2OCCO3)c2c1OCCO2)C(=O)O. The number of hydrogen-bond donors (Lipinski definition) is 1. The van der Waals surface area contributed by atoms with E-state index in [1.807, 2.05) is 0 Å². The molecule has 0 saturated carbocycles. The van der Waals surface area contributed by atoms with Crippen molar-refractivity contribution in [2.45, 2.75) is 19.8 Å². The fourth-order valence-corrected chi connectivity index (χ4v) is 10.7. The van der Waals surface area contributed by atoms with Crippen LogP contribution in [0.15, 0.2) is 48.2 Å². The van der Waals surface area contributed by atoms with Crippen LogP contribution < -0.4 is 33.3 Å². The Kier molecular flexibility index (Phi) is 8.02. The van der Waals surface area contributed by atoms with Gasteiger partial charge in [-0.1, -0.05) is 24.3 Å². The maximum absolute atomic E-state index is 11.7. The lowest BCUT2D eigenvalue weighted by Gasteiger charge is -2.25. The normalized spacial score (nSPS) is 15.8. The number of fused-ring (bicyclic) bond motifs is 5. The first-order chi connectivity index (χ1) is 25.0. The summed E-state index contributed by atoms with van der Waals surface area (Å²) in [7, 11) is 0. The third-order valence-electron chi connectivity index (χ3n) is 9.14. The van der Waals surface area contributed by atoms with Crippen molar-refractivity contribution in [3.63, 3.8) is 0 Å². The van der Waals surface area contributed by atoms with Crippen molar-refractivity contribution in [2.75, 3.05) is 51.1 Å². The van der Waals surface area contributed by atoms with E-state index in [2.05, 4.69) is 59.1 Å². The summed E-state index contributed by atoms with van der Waals surface area (Å²) in [5.41, 5.74) is 5.79. The molecule has 0 spiro atoms. The average molecular weight is 739 g/mol. The summed E-state index contributed by atoms with van der Waals surface area (Å²) in [6.45, 7) is 12.7. The highest BCUT2D eigenvalue weighted by molar-refractivity contribution is 7.28. The van der Waals surface area contributed by atoms with Crippen LogP contribution in [0.3, 0.4) is 0 Å². The van der Waals surface area contributed by atoms with Crippen LogP contribution >= 0.6 is 34.0 Å². The maximum atomic E-state index is 11.7. The van der Waals surface area contributed by atoms with Crippen molar-refractivity contribution in [3.05, 3.63) is 75.6 Å². The molecule has 0 radical (unpaired) electrons. The van der Waals surface area contributed by atoms with Crippen molar-refractivity contribution in [3.8, 4) is 64.4 Å². The molecule has 5 aromatic rings. The van der Waals surface area contributed by atoms with Crippen LogP contribution in [0.2, 0.25) is 0 Å². The summed E-state index contributed by atoms with van der Waals surface area (Å²) in [5.74, 6) is 2.23. The Morgan fingerprint density at radius 3 is 1.84 bits per heavy atom. The van der Waals surface area contributed by atoms with E-state index in [1.54, 1.807) is 11.3 Å². The molecule has 3 aromatic heterocycles. The topological polar surface area (TPSA) is 100 Å². The lowest BCUT2D eigenvalue weighted by Crippen LogP contribution is -2.17. The zero-order chi connectivity index (χ0) is 34.6. The molecule has 9 rings (SSSR count). The van der Waals surface area contributed by atoms with Gasteiger partial charge in [0.05, 0.1) is 35.8 Å². The summed E-state index contributed by atoms with van der Waals surface area (Å²) in [5, 5.41) is 9.56. The second-order valence-corrected chi connectivity index (χ2v) is 15.1. The van der Waals surface area contributed by atoms with Crippen molar-refractivity contribution in [1.82, 2.24) is 0 Å². The molecular formula is C38H30N2O8S3. The molecule has 2 aromatic carbocycles. The van der Waals surface area contributed by atoms with Crippen LogP contribution in [0.5, 0.6) is 34.5 Å². The van der Waals surface area contributed by atoms with Gasteiger partial charge in [-0.2, -0.15) is 0 Å². The lowest BCUT2D eigenvalue weighted by atomic mass is 10.0. The van der Waals surface area contributed by atoms with Crippen LogP contribution in [-0.4, -0.2) is 57.3 Å². The molecule has 0 amide bonds. The van der Waals surface area contributed by atoms with Gasteiger partial charge in [-0.15, -0.1) is 34.0 Å². The minimum atomic E-state index is -1.30. The Labute approximate surface area is 305 Å². The lowest BCUT2D eigenvalue weighted by molar-refractivity contribution is -0.132. The van der Waals surface area contributed by atoms with Gasteiger partial charge in [0.15, 0.2) is 34.5 Å². The van der Waals surface area contributed by atoms with Crippen LogP contribution in [0, 0.1) is 6.57 Å². The minimum Gasteiger partial charge on any atom is -0.486 e. The zero-order valence-corrected chi connectivity index (χ0v) is 29.9. The number of rotatable bonds is 6. The van der Waals surface area contributed by atoms with Gasteiger partial charge in [-0.25, -0.2) is 4.85 Å². The molecule has 7 heterocycles. The summed E-state index contributed by atoms with van der Waals surface area (Å²) >= 11 is 4.41. The first-order valence-electron chi connectivity index (χ1n) is 16.6. The second-order valence-electron chi connectivity index (χ2n) is 12.0. The largest absolute Gasteiger partial charge is 0.486 e. The first-order valence-corrected chi connectivity index (χ1v) is 19.1. The van der Waals surface area contributed by atoms with E-state index in [0.717, 1.165) is 55.1 Å². The number of ether oxygens (including phenoxy) is 6. The Morgan fingerprint density at radius 2 is 1.24 bits per heavy atom. The molecule has 51 heavy (non-hydrogen) atoms. The number of aryl methyl sites for hydroxylation is 2. The molecule has 10 nitrogen and oxygen atoms in total. The highest BCUT2D eigenvalue weighted by atomic mass is 32.1. The smallest absolute Gasteiger partial charge is 0.333 e. The number of benzene rings is 2. The standard InChI is InChI=1S/C38H30N2O8S3/c1-3-40-24-7-5-4-6-20(24)8-9-21-18-22(10-11-25(21)40)33-29-30(46-15-14-45-29)36(50-33)37-32-31(47-16-17-48-32)35(51-37)34-28-27(43-12-13-44-28)26(49-34)19-23(39-2)38(41)42/h4-7,10-11,18-19H,3,8-9,12-17H2,1H3,(H,41,42)/b23-19-. The van der Waals surface area contributed by atoms with Crippen LogP contribution in [-0.2, 0) is 17.6 Å². The van der Waals surface area contributed by atoms with E-state index in [9.17, 15) is 9.90 Å². The van der Waals surface area contributed by atoms with Crippen LogP contribution in [0.25, 0.3) is 40.9 Å². The predicted molar refractivity (Wildman–Crippen MR) is 198 cm³/mol. The summed E-state index contributed by atoms with van der Waals surface area (Å²) in [6.07, 6.45) is 3.23. The Balaban J connectivity index is 1.17. The van der Waals surface area contributed by atoms with Crippen LogP contribution in [0.4, 0.5) is 11.4 Å². The summed E-state index contributed by atoms with van der Waals surface area (Å²) in [4.78, 5) is 22.0. The monoisotopic (exact) mass is 738 g/mol. The molecule has 0 unspecified atom stereocenters. The molecule has 4 aliphatic rings. The average Bonchev–Trinajstić information content (AvgIpc) is 3.82. The zero-order valence-electron chi connectivity index (χ0n) is 27.4. The molecule has 0 bridgehead atoms. The summed E-state index contributed by atoms with van der Waals surface area (Å²) < 4.78 is 37.4. The fourth-order valence-electron chi connectivity index (χ4n) is 6.94. The number of para-hydroxylation sites is 1. The molecular weight excluding hydrogens is 709 g/mol. The van der Waals surface area contributed by atoms with Gasteiger partial charge >= 0.3 is 5.97 Å². The molecule has 1 N–H and O–H groups in total. The quantitative estimate of drug-likeness (QED) is 0.135. The molecule has 0 aliphatic carbocycles. The summed E-state index contributed by atoms with van der Waals surface area (Å²) in [6, 6.07) is 15.4. The third kappa shape index (κ3) is 5.28. The van der Waals surface area contributed by atoms with Crippen molar-refractivity contribution < 1.29 is 38.3 Å². The number of thiophene rings is 3. The Bertz CT molecular complexity index is 2290. The van der Waals surface area contributed by atoms with Gasteiger partial charge in [0.2, 0.25) is 0 Å². The predicted octanol–water partition coefficient (Wildman–Crippen LogP) is 8.79. The minimum absolute atomic E-state index is 0.311. The molecule has 4 aliphatic heterocycles. The Morgan fingerprint density at radius 1 is 0.725 bits per heavy atom. The number of carboxylic acids is 1. The second kappa shape index (κ2) is 12.9. The van der Waals surface area contributed by atoms with Crippen molar-refractivity contribution >= 4 is 57.4 Å². The van der Waals surface area contributed by atoms with Gasteiger partial charge in [-0.3, -0.25) is 4.79 Å². The van der Waals surface area contributed by atoms with E-state index >= 15 is 0 Å². The molecule has 13 heteroatoms. The number of hydrogen-bond acceptors (Lipinski definition) is 11. The van der Waals surface area contributed by atoms with Crippen molar-refractivity contribution in [2.24, 2.45) is 0 Å². The molecule has 0 saturated heterocycles. The van der Waals surface area contributed by atoms with Gasteiger partial charge < -0.3 is 38.4 Å². The number of anilines is 2. The van der Waals surface area contributed by atoms with E-state index in [4.69, 9.17) is 35.0 Å². The number of carboxylic acid groups (broad SMARTS) is 1. The third-order valence-corrected chi connectivity index (χ3v) is 12.9. The van der Waals surface area contributed by atoms with E-state index < -0.39 is 11.7 Å². The van der Waals surface area contributed by atoms with Gasteiger partial charge in [0.1, 0.15) is 39.6 Å². The van der Waals surface area contributed by atoms with E-state index in [-0.39, 0.29) is 0 Å². The van der Waals surface area contributed by atoms with Gasteiger partial charge in [0, 0.05) is 17.9 Å². The number of aliphatic carboxylic acids is 1. The molecule has 258 valence electrons. The van der Waals surface area contributed by atoms with E-state index in [0.29, 0.717) is 73.3 Å². The van der Waals surface area contributed by atoms with E-state index in [1.165, 1.54) is 51.3 Å². The first kappa shape index (κ1) is 31.8. The van der Waals surface area contributed by atoms with Gasteiger partial charge in [-0.05, 0) is 60.7 Å². The van der Waals surface area contributed by atoms with Crippen LogP contribution in [0.1, 0.15) is 22.9 Å².